The van der Waals surface area contributed by atoms with Crippen molar-refractivity contribution in [2.45, 2.75) is 6.92 Å². The highest BCUT2D eigenvalue weighted by molar-refractivity contribution is 7.84. The quantitative estimate of drug-likeness (QED) is 0.644. The number of Topliss-reactive ketones (excluding diaryl/α,β-unsaturated/α-hetero) is 1. The van der Waals surface area contributed by atoms with Crippen molar-refractivity contribution in [3.05, 3.63) is 29.3 Å². The Morgan fingerprint density at radius 3 is 2.52 bits per heavy atom. The minimum Gasteiger partial charge on any atom is -0.504 e. The van der Waals surface area contributed by atoms with Gasteiger partial charge in [-0.1, -0.05) is 6.07 Å². The minimum absolute atomic E-state index is 0.0953. The molecule has 1 aromatic rings. The molecule has 21 heavy (non-hydrogen) atoms. The van der Waals surface area contributed by atoms with E-state index in [0.717, 1.165) is 4.31 Å². The Balaban J connectivity index is 3.24. The average Bonchev–Trinajstić information content (AvgIpc) is 2.38. The highest BCUT2D eigenvalue weighted by Crippen LogP contribution is 2.29. The highest BCUT2D eigenvalue weighted by atomic mass is 32.2. The molecule has 112 valence electrons. The maximum atomic E-state index is 11.6. The molecule has 0 unspecified atom stereocenters. The lowest BCUT2D eigenvalue weighted by atomic mass is 10.1. The fraction of sp³-hybridized carbons (Fsp3) is 0.231. The van der Waals surface area contributed by atoms with Crippen LogP contribution in [0, 0.1) is 11.3 Å². The smallest absolute Gasteiger partial charge is 0.384 e. The van der Waals surface area contributed by atoms with Crippen LogP contribution in [-0.4, -0.2) is 37.7 Å². The minimum atomic E-state index is -4.02. The van der Waals surface area contributed by atoms with Crippen LogP contribution >= 0.6 is 0 Å². The molecular formula is C13H14N2O5S. The zero-order valence-corrected chi connectivity index (χ0v) is 12.5. The molecule has 1 aromatic carbocycles. The lowest BCUT2D eigenvalue weighted by Gasteiger charge is -2.13. The molecular weight excluding hydrogens is 296 g/mol. The zero-order chi connectivity index (χ0) is 16.2. The van der Waals surface area contributed by atoms with Crippen LogP contribution < -0.4 is 4.18 Å². The topological polar surface area (TPSA) is 108 Å². The second kappa shape index (κ2) is 6.39. The number of benzene rings is 1. The van der Waals surface area contributed by atoms with Gasteiger partial charge in [-0.15, -0.1) is 0 Å². The lowest BCUT2D eigenvalue weighted by molar-refractivity contribution is -0.113. The van der Waals surface area contributed by atoms with Crippen LogP contribution in [0.2, 0.25) is 0 Å². The number of aromatic hydroxyl groups is 1. The van der Waals surface area contributed by atoms with Crippen molar-refractivity contribution in [1.29, 1.82) is 5.26 Å². The van der Waals surface area contributed by atoms with Gasteiger partial charge in [0.25, 0.3) is 0 Å². The number of allylic oxidation sites excluding steroid dienone is 1. The number of nitriles is 1. The van der Waals surface area contributed by atoms with Gasteiger partial charge < -0.3 is 9.29 Å². The highest BCUT2D eigenvalue weighted by Gasteiger charge is 2.18. The summed E-state index contributed by atoms with van der Waals surface area (Å²) < 4.78 is 28.8. The summed E-state index contributed by atoms with van der Waals surface area (Å²) in [4.78, 5) is 11.2. The van der Waals surface area contributed by atoms with Gasteiger partial charge in [-0.25, -0.2) is 0 Å². The molecule has 0 fully saturated rings. The zero-order valence-electron chi connectivity index (χ0n) is 11.7. The van der Waals surface area contributed by atoms with Gasteiger partial charge in [0.1, 0.15) is 6.07 Å². The Hall–Kier alpha value is -2.37. The summed E-state index contributed by atoms with van der Waals surface area (Å²) in [6, 6.07) is 5.58. The van der Waals surface area contributed by atoms with E-state index in [-0.39, 0.29) is 17.1 Å². The Kier molecular flexibility index (Phi) is 5.07. The van der Waals surface area contributed by atoms with Gasteiger partial charge in [0.05, 0.1) is 5.57 Å². The van der Waals surface area contributed by atoms with Gasteiger partial charge in [0.2, 0.25) is 0 Å². The molecule has 1 N–H and O–H groups in total. The molecule has 0 bridgehead atoms. The molecule has 1 rings (SSSR count). The number of nitrogens with zero attached hydrogens (tertiary/aromatic N) is 2. The van der Waals surface area contributed by atoms with Crippen LogP contribution in [-0.2, 0) is 15.1 Å². The molecule has 0 radical (unpaired) electrons. The Morgan fingerprint density at radius 1 is 1.43 bits per heavy atom. The second-order valence-corrected chi connectivity index (χ2v) is 6.03. The van der Waals surface area contributed by atoms with E-state index in [1.165, 1.54) is 45.3 Å². The largest absolute Gasteiger partial charge is 0.504 e. The number of carbonyl (C=O) groups excluding carboxylic acids is 1. The van der Waals surface area contributed by atoms with Crippen LogP contribution in [0.5, 0.6) is 11.5 Å². The lowest BCUT2D eigenvalue weighted by Crippen LogP contribution is -2.27. The van der Waals surface area contributed by atoms with Gasteiger partial charge in [0, 0.05) is 14.1 Å². The number of ketones is 1. The molecule has 0 aliphatic rings. The normalized spacial score (nSPS) is 12.0. The molecule has 0 saturated carbocycles. The third-order valence-corrected chi connectivity index (χ3v) is 3.72. The van der Waals surface area contributed by atoms with Crippen LogP contribution in [0.15, 0.2) is 23.8 Å². The van der Waals surface area contributed by atoms with Gasteiger partial charge in [-0.2, -0.15) is 18.0 Å². The average molecular weight is 310 g/mol. The molecule has 0 heterocycles. The summed E-state index contributed by atoms with van der Waals surface area (Å²) in [5.74, 6) is -1.09. The number of phenolic OH excluding ortho intramolecular Hbond substituents is 1. The molecule has 0 spiro atoms. The van der Waals surface area contributed by atoms with Gasteiger partial charge >= 0.3 is 10.3 Å². The van der Waals surface area contributed by atoms with Crippen molar-refractivity contribution in [1.82, 2.24) is 4.31 Å². The predicted molar refractivity (Wildman–Crippen MR) is 75.6 cm³/mol. The first-order valence-corrected chi connectivity index (χ1v) is 7.11. The maximum Gasteiger partial charge on any atom is 0.384 e. The van der Waals surface area contributed by atoms with E-state index in [2.05, 4.69) is 0 Å². The summed E-state index contributed by atoms with van der Waals surface area (Å²) in [6.07, 6.45) is 1.27. The molecule has 0 aliphatic heterocycles. The van der Waals surface area contributed by atoms with E-state index in [1.54, 1.807) is 6.07 Å². The van der Waals surface area contributed by atoms with Crippen molar-refractivity contribution in [3.8, 4) is 17.6 Å². The first kappa shape index (κ1) is 16.7. The van der Waals surface area contributed by atoms with Crippen molar-refractivity contribution < 1.29 is 22.5 Å². The number of hydrogen-bond acceptors (Lipinski definition) is 6. The first-order chi connectivity index (χ1) is 9.67. The number of rotatable bonds is 5. The first-order valence-electron chi connectivity index (χ1n) is 5.75. The van der Waals surface area contributed by atoms with Crippen LogP contribution in [0.4, 0.5) is 0 Å². The molecule has 0 saturated heterocycles. The summed E-state index contributed by atoms with van der Waals surface area (Å²) in [6.45, 7) is 1.24. The monoisotopic (exact) mass is 310 g/mol. The summed E-state index contributed by atoms with van der Waals surface area (Å²) in [7, 11) is -1.47. The van der Waals surface area contributed by atoms with Gasteiger partial charge in [-0.05, 0) is 30.7 Å². The molecule has 7 nitrogen and oxygen atoms in total. The van der Waals surface area contributed by atoms with E-state index in [4.69, 9.17) is 9.44 Å². The van der Waals surface area contributed by atoms with Gasteiger partial charge in [-0.3, -0.25) is 4.79 Å². The maximum absolute atomic E-state index is 11.6. The summed E-state index contributed by atoms with van der Waals surface area (Å²) >= 11 is 0. The Labute approximate surface area is 122 Å². The number of hydrogen-bond donors (Lipinski definition) is 1. The fourth-order valence-electron chi connectivity index (χ4n) is 1.25. The second-order valence-electron chi connectivity index (χ2n) is 4.28. The summed E-state index contributed by atoms with van der Waals surface area (Å²) in [5, 5.41) is 18.4. The van der Waals surface area contributed by atoms with E-state index in [9.17, 15) is 18.3 Å². The molecule has 0 aliphatic carbocycles. The fourth-order valence-corrected chi connectivity index (χ4v) is 1.76. The number of carbonyl (C=O) groups is 1. The Morgan fingerprint density at radius 2 is 2.05 bits per heavy atom. The van der Waals surface area contributed by atoms with Gasteiger partial charge in [0.15, 0.2) is 17.3 Å². The van der Waals surface area contributed by atoms with E-state index >= 15 is 0 Å². The van der Waals surface area contributed by atoms with Crippen molar-refractivity contribution in [3.63, 3.8) is 0 Å². The SMILES string of the molecule is CC(=O)/C(C#N)=C\c1ccc(O)c(OS(=O)(=O)N(C)C)c1. The van der Waals surface area contributed by atoms with Crippen LogP contribution in [0.3, 0.4) is 0 Å². The van der Waals surface area contributed by atoms with E-state index < -0.39 is 16.1 Å². The van der Waals surface area contributed by atoms with Crippen molar-refractivity contribution in [2.24, 2.45) is 0 Å². The summed E-state index contributed by atoms with van der Waals surface area (Å²) in [5.41, 5.74) is 0.255. The Bertz CT molecular complexity index is 729. The standard InChI is InChI=1S/C13H14N2O5S/c1-9(16)11(8-14)6-10-4-5-12(17)13(7-10)20-21(18,19)15(2)3/h4-7,17H,1-3H3/b11-6-. The van der Waals surface area contributed by atoms with Crippen LogP contribution in [0.1, 0.15) is 12.5 Å². The van der Waals surface area contributed by atoms with E-state index in [1.807, 2.05) is 0 Å². The van der Waals surface area contributed by atoms with Crippen LogP contribution in [0.25, 0.3) is 6.08 Å². The van der Waals surface area contributed by atoms with Crippen molar-refractivity contribution in [2.75, 3.05) is 14.1 Å². The van der Waals surface area contributed by atoms with E-state index in [0.29, 0.717) is 5.56 Å². The molecule has 0 aromatic heterocycles. The number of phenols is 1. The third kappa shape index (κ3) is 4.30. The molecule has 0 atom stereocenters. The van der Waals surface area contributed by atoms with Crippen molar-refractivity contribution >= 4 is 22.2 Å². The molecule has 0 amide bonds. The third-order valence-electron chi connectivity index (χ3n) is 2.44. The predicted octanol–water partition coefficient (Wildman–Crippen LogP) is 1.07. The molecule has 8 heteroatoms.